The van der Waals surface area contributed by atoms with Crippen LogP contribution in [0.2, 0.25) is 0 Å². The standard InChI is InChI=1S/C23H26N4O4S/c24-16-20-8-4-5-9-21(20)32(30,31)27-14-11-19(12-15-27)23(29)26-17-22(28)25-13-10-18-6-2-1-3-7-18/h1-9,19H,10-15,17H2,(H,25,28)(H,26,29). The first-order chi connectivity index (χ1) is 15.4. The molecule has 1 saturated heterocycles. The highest BCUT2D eigenvalue weighted by atomic mass is 32.2. The first kappa shape index (κ1) is 23.4. The number of carbonyl (C=O) groups is 2. The molecule has 3 rings (SSSR count). The second kappa shape index (κ2) is 10.9. The van der Waals surface area contributed by atoms with Gasteiger partial charge >= 0.3 is 0 Å². The maximum absolute atomic E-state index is 12.9. The predicted octanol–water partition coefficient (Wildman–Crippen LogP) is 1.43. The Hall–Kier alpha value is -3.22. The molecule has 0 atom stereocenters. The van der Waals surface area contributed by atoms with Crippen molar-refractivity contribution in [2.24, 2.45) is 5.92 Å². The minimum Gasteiger partial charge on any atom is -0.354 e. The van der Waals surface area contributed by atoms with E-state index >= 15 is 0 Å². The Labute approximate surface area is 188 Å². The number of amides is 2. The summed E-state index contributed by atoms with van der Waals surface area (Å²) in [6.07, 6.45) is 1.42. The molecule has 0 bridgehead atoms. The molecule has 2 aromatic carbocycles. The number of sulfonamides is 1. The molecule has 2 aromatic rings. The summed E-state index contributed by atoms with van der Waals surface area (Å²) in [5.74, 6) is -0.870. The molecule has 32 heavy (non-hydrogen) atoms. The van der Waals surface area contributed by atoms with Gasteiger partial charge in [0.2, 0.25) is 21.8 Å². The van der Waals surface area contributed by atoms with Gasteiger partial charge in [0.25, 0.3) is 0 Å². The third-order valence-corrected chi connectivity index (χ3v) is 7.41. The van der Waals surface area contributed by atoms with Crippen LogP contribution in [0.3, 0.4) is 0 Å². The van der Waals surface area contributed by atoms with E-state index in [0.717, 1.165) is 5.56 Å². The summed E-state index contributed by atoms with van der Waals surface area (Å²) in [6.45, 7) is 0.744. The fourth-order valence-electron chi connectivity index (χ4n) is 3.65. The minimum atomic E-state index is -3.80. The van der Waals surface area contributed by atoms with Gasteiger partial charge in [-0.1, -0.05) is 42.5 Å². The van der Waals surface area contributed by atoms with Crippen LogP contribution in [-0.4, -0.2) is 50.7 Å². The lowest BCUT2D eigenvalue weighted by atomic mass is 9.97. The number of rotatable bonds is 8. The predicted molar refractivity (Wildman–Crippen MR) is 119 cm³/mol. The zero-order valence-corrected chi connectivity index (χ0v) is 18.5. The molecule has 0 spiro atoms. The molecule has 9 heteroatoms. The van der Waals surface area contributed by atoms with Crippen LogP contribution in [-0.2, 0) is 26.0 Å². The molecule has 0 saturated carbocycles. The second-order valence-corrected chi connectivity index (χ2v) is 9.50. The molecule has 168 valence electrons. The fourth-order valence-corrected chi connectivity index (χ4v) is 5.26. The van der Waals surface area contributed by atoms with Crippen molar-refractivity contribution in [2.45, 2.75) is 24.2 Å². The smallest absolute Gasteiger partial charge is 0.244 e. The van der Waals surface area contributed by atoms with Crippen molar-refractivity contribution in [3.8, 4) is 6.07 Å². The van der Waals surface area contributed by atoms with E-state index in [1.807, 2.05) is 36.4 Å². The van der Waals surface area contributed by atoms with Gasteiger partial charge in [-0.15, -0.1) is 0 Å². The molecule has 2 N–H and O–H groups in total. The highest BCUT2D eigenvalue weighted by Crippen LogP contribution is 2.25. The van der Waals surface area contributed by atoms with Gasteiger partial charge in [-0.25, -0.2) is 8.42 Å². The van der Waals surface area contributed by atoms with Crippen LogP contribution >= 0.6 is 0 Å². The van der Waals surface area contributed by atoms with Crippen LogP contribution in [0.1, 0.15) is 24.0 Å². The summed E-state index contributed by atoms with van der Waals surface area (Å²) < 4.78 is 27.1. The molecule has 1 heterocycles. The van der Waals surface area contributed by atoms with E-state index in [1.54, 1.807) is 12.1 Å². The lowest BCUT2D eigenvalue weighted by molar-refractivity contribution is -0.129. The number of nitriles is 1. The molecule has 1 aliphatic heterocycles. The Balaban J connectivity index is 1.43. The van der Waals surface area contributed by atoms with E-state index < -0.39 is 10.0 Å². The minimum absolute atomic E-state index is 0.0161. The van der Waals surface area contributed by atoms with Gasteiger partial charge in [0.1, 0.15) is 6.07 Å². The number of hydrogen-bond acceptors (Lipinski definition) is 5. The Morgan fingerprint density at radius 2 is 1.66 bits per heavy atom. The highest BCUT2D eigenvalue weighted by molar-refractivity contribution is 7.89. The Morgan fingerprint density at radius 1 is 1.00 bits per heavy atom. The lowest BCUT2D eigenvalue weighted by Crippen LogP contribution is -2.45. The monoisotopic (exact) mass is 454 g/mol. The molecule has 0 aliphatic carbocycles. The molecule has 1 fully saturated rings. The Bertz CT molecular complexity index is 1090. The normalized spacial score (nSPS) is 15.0. The zero-order valence-electron chi connectivity index (χ0n) is 17.7. The maximum atomic E-state index is 12.9. The van der Waals surface area contributed by atoms with Gasteiger partial charge in [-0.2, -0.15) is 9.57 Å². The van der Waals surface area contributed by atoms with Gasteiger partial charge in [-0.3, -0.25) is 9.59 Å². The average Bonchev–Trinajstić information content (AvgIpc) is 2.83. The number of nitrogens with one attached hydrogen (secondary N) is 2. The quantitative estimate of drug-likeness (QED) is 0.625. The highest BCUT2D eigenvalue weighted by Gasteiger charge is 2.33. The number of hydrogen-bond donors (Lipinski definition) is 2. The van der Waals surface area contributed by atoms with Crippen LogP contribution in [0.5, 0.6) is 0 Å². The van der Waals surface area contributed by atoms with Gasteiger partial charge in [0.15, 0.2) is 0 Å². The van der Waals surface area contributed by atoms with E-state index in [2.05, 4.69) is 10.6 Å². The fraction of sp³-hybridized carbons (Fsp3) is 0.348. The largest absolute Gasteiger partial charge is 0.354 e. The Morgan fingerprint density at radius 3 is 2.34 bits per heavy atom. The van der Waals surface area contributed by atoms with Gasteiger partial charge in [0.05, 0.1) is 17.0 Å². The third-order valence-electron chi connectivity index (χ3n) is 5.45. The second-order valence-electron chi connectivity index (χ2n) is 7.59. The van der Waals surface area contributed by atoms with E-state index in [-0.39, 0.29) is 47.8 Å². The summed E-state index contributed by atoms with van der Waals surface area (Å²) in [5.41, 5.74) is 1.22. The average molecular weight is 455 g/mol. The molecular formula is C23H26N4O4S. The van der Waals surface area contributed by atoms with Crippen molar-refractivity contribution in [1.82, 2.24) is 14.9 Å². The van der Waals surface area contributed by atoms with Gasteiger partial charge in [-0.05, 0) is 37.0 Å². The summed E-state index contributed by atoms with van der Waals surface area (Å²) in [4.78, 5) is 24.4. The molecule has 0 unspecified atom stereocenters. The molecular weight excluding hydrogens is 428 g/mol. The van der Waals surface area contributed by atoms with Crippen molar-refractivity contribution in [1.29, 1.82) is 5.26 Å². The maximum Gasteiger partial charge on any atom is 0.244 e. The lowest BCUT2D eigenvalue weighted by Gasteiger charge is -2.30. The number of benzene rings is 2. The van der Waals surface area contributed by atoms with Gasteiger partial charge in [0, 0.05) is 25.6 Å². The SMILES string of the molecule is N#Cc1ccccc1S(=O)(=O)N1CCC(C(=O)NCC(=O)NCCc2ccccc2)CC1. The van der Waals surface area contributed by atoms with Crippen LogP contribution < -0.4 is 10.6 Å². The van der Waals surface area contributed by atoms with Crippen molar-refractivity contribution in [3.63, 3.8) is 0 Å². The molecule has 0 radical (unpaired) electrons. The van der Waals surface area contributed by atoms with Crippen LogP contribution in [0.15, 0.2) is 59.5 Å². The first-order valence-electron chi connectivity index (χ1n) is 10.5. The summed E-state index contributed by atoms with van der Waals surface area (Å²) in [6, 6.07) is 17.8. The number of piperidine rings is 1. The molecule has 8 nitrogen and oxygen atoms in total. The first-order valence-corrected chi connectivity index (χ1v) is 11.9. The van der Waals surface area contributed by atoms with Crippen molar-refractivity contribution >= 4 is 21.8 Å². The zero-order chi connectivity index (χ0) is 23.0. The number of nitrogens with zero attached hydrogens (tertiary/aromatic N) is 2. The topological polar surface area (TPSA) is 119 Å². The summed E-state index contributed by atoms with van der Waals surface area (Å²) >= 11 is 0. The van der Waals surface area contributed by atoms with Crippen molar-refractivity contribution in [3.05, 3.63) is 65.7 Å². The van der Waals surface area contributed by atoms with E-state index in [0.29, 0.717) is 25.8 Å². The van der Waals surface area contributed by atoms with Crippen molar-refractivity contribution in [2.75, 3.05) is 26.2 Å². The third kappa shape index (κ3) is 5.93. The van der Waals surface area contributed by atoms with E-state index in [4.69, 9.17) is 0 Å². The van der Waals surface area contributed by atoms with E-state index in [9.17, 15) is 23.3 Å². The van der Waals surface area contributed by atoms with Crippen LogP contribution in [0.25, 0.3) is 0 Å². The van der Waals surface area contributed by atoms with Crippen LogP contribution in [0, 0.1) is 17.2 Å². The number of carbonyl (C=O) groups excluding carboxylic acids is 2. The van der Waals surface area contributed by atoms with Gasteiger partial charge < -0.3 is 10.6 Å². The summed E-state index contributed by atoms with van der Waals surface area (Å²) in [5, 5.41) is 14.6. The van der Waals surface area contributed by atoms with E-state index in [1.165, 1.54) is 16.4 Å². The molecule has 1 aliphatic rings. The Kier molecular flexibility index (Phi) is 7.98. The molecule has 2 amide bonds. The molecule has 0 aromatic heterocycles. The van der Waals surface area contributed by atoms with Crippen molar-refractivity contribution < 1.29 is 18.0 Å². The summed E-state index contributed by atoms with van der Waals surface area (Å²) in [7, 11) is -3.80. The van der Waals surface area contributed by atoms with Crippen LogP contribution in [0.4, 0.5) is 0 Å².